The van der Waals surface area contributed by atoms with E-state index in [9.17, 15) is 4.79 Å². The molecular formula is C18H12Cl3N3O. The second kappa shape index (κ2) is 7.74. The molecule has 2 aromatic carbocycles. The third kappa shape index (κ3) is 4.63. The van der Waals surface area contributed by atoms with Gasteiger partial charge in [0, 0.05) is 15.6 Å². The molecule has 2 N–H and O–H groups in total. The molecule has 1 heterocycles. The minimum absolute atomic E-state index is 0.259. The maximum atomic E-state index is 12.2. The van der Waals surface area contributed by atoms with Crippen LogP contribution >= 0.6 is 34.8 Å². The van der Waals surface area contributed by atoms with Crippen molar-refractivity contribution in [2.75, 3.05) is 10.6 Å². The molecule has 0 aliphatic heterocycles. The Morgan fingerprint density at radius 2 is 1.72 bits per heavy atom. The summed E-state index contributed by atoms with van der Waals surface area (Å²) >= 11 is 17.9. The van der Waals surface area contributed by atoms with Gasteiger partial charge >= 0.3 is 0 Å². The highest BCUT2D eigenvalue weighted by atomic mass is 35.5. The molecule has 3 rings (SSSR count). The summed E-state index contributed by atoms with van der Waals surface area (Å²) in [7, 11) is 0. The first-order valence-electron chi connectivity index (χ1n) is 7.26. The summed E-state index contributed by atoms with van der Waals surface area (Å²) in [6.45, 7) is 0. The molecule has 25 heavy (non-hydrogen) atoms. The second-order valence-corrected chi connectivity index (χ2v) is 6.43. The average molecular weight is 393 g/mol. The summed E-state index contributed by atoms with van der Waals surface area (Å²) in [6.07, 6.45) is 1.55. The number of anilines is 3. The molecule has 0 unspecified atom stereocenters. The number of rotatable bonds is 4. The highest BCUT2D eigenvalue weighted by molar-refractivity contribution is 6.36. The van der Waals surface area contributed by atoms with Gasteiger partial charge in [0.05, 0.1) is 22.6 Å². The molecule has 0 aliphatic rings. The molecule has 0 saturated carbocycles. The summed E-state index contributed by atoms with van der Waals surface area (Å²) in [5.41, 5.74) is 1.73. The van der Waals surface area contributed by atoms with Crippen molar-refractivity contribution in [1.82, 2.24) is 4.98 Å². The molecule has 0 fully saturated rings. The minimum Gasteiger partial charge on any atom is -0.339 e. The van der Waals surface area contributed by atoms with Crippen LogP contribution in [0.25, 0.3) is 0 Å². The van der Waals surface area contributed by atoms with Crippen molar-refractivity contribution < 1.29 is 4.79 Å². The first-order valence-corrected chi connectivity index (χ1v) is 8.40. The normalized spacial score (nSPS) is 10.4. The lowest BCUT2D eigenvalue weighted by Gasteiger charge is -2.09. The smallest absolute Gasteiger partial charge is 0.255 e. The van der Waals surface area contributed by atoms with Gasteiger partial charge in [-0.05, 0) is 48.5 Å². The van der Waals surface area contributed by atoms with Crippen molar-refractivity contribution in [3.05, 3.63) is 81.4 Å². The van der Waals surface area contributed by atoms with Crippen LogP contribution in [0, 0.1) is 0 Å². The first-order chi connectivity index (χ1) is 12.0. The molecule has 0 saturated heterocycles. The molecule has 1 amide bonds. The van der Waals surface area contributed by atoms with E-state index in [-0.39, 0.29) is 5.91 Å². The molecule has 7 heteroatoms. The summed E-state index contributed by atoms with van der Waals surface area (Å²) in [5, 5.41) is 7.41. The average Bonchev–Trinajstić information content (AvgIpc) is 2.59. The molecule has 0 radical (unpaired) electrons. The Morgan fingerprint density at radius 3 is 2.40 bits per heavy atom. The van der Waals surface area contributed by atoms with E-state index in [1.54, 1.807) is 60.8 Å². The van der Waals surface area contributed by atoms with E-state index in [4.69, 9.17) is 34.8 Å². The van der Waals surface area contributed by atoms with Gasteiger partial charge in [-0.2, -0.15) is 0 Å². The van der Waals surface area contributed by atoms with E-state index < -0.39 is 0 Å². The minimum atomic E-state index is -0.259. The van der Waals surface area contributed by atoms with Gasteiger partial charge in [-0.1, -0.05) is 40.9 Å². The third-order valence-corrected chi connectivity index (χ3v) is 4.08. The van der Waals surface area contributed by atoms with Crippen molar-refractivity contribution in [3.8, 4) is 0 Å². The van der Waals surface area contributed by atoms with Gasteiger partial charge in [0.25, 0.3) is 5.91 Å². The van der Waals surface area contributed by atoms with Crippen LogP contribution in [-0.2, 0) is 0 Å². The van der Waals surface area contributed by atoms with E-state index in [0.717, 1.165) is 0 Å². The van der Waals surface area contributed by atoms with Crippen molar-refractivity contribution in [2.45, 2.75) is 0 Å². The van der Waals surface area contributed by atoms with Gasteiger partial charge in [-0.15, -0.1) is 0 Å². The zero-order chi connectivity index (χ0) is 17.8. The lowest BCUT2D eigenvalue weighted by atomic mass is 10.2. The largest absolute Gasteiger partial charge is 0.339 e. The van der Waals surface area contributed by atoms with Gasteiger partial charge in [0.15, 0.2) is 0 Å². The number of nitrogens with zero attached hydrogens (tertiary/aromatic N) is 1. The topological polar surface area (TPSA) is 54.0 Å². The van der Waals surface area contributed by atoms with Gasteiger partial charge in [-0.25, -0.2) is 4.98 Å². The lowest BCUT2D eigenvalue weighted by Crippen LogP contribution is -2.12. The van der Waals surface area contributed by atoms with Crippen molar-refractivity contribution >= 4 is 57.9 Å². The quantitative estimate of drug-likeness (QED) is 0.569. The fourth-order valence-electron chi connectivity index (χ4n) is 2.10. The number of nitrogens with one attached hydrogen (secondary N) is 2. The van der Waals surface area contributed by atoms with Gasteiger partial charge in [-0.3, -0.25) is 4.79 Å². The monoisotopic (exact) mass is 391 g/mol. The number of amides is 1. The molecule has 1 aromatic heterocycles. The van der Waals surface area contributed by atoms with Crippen molar-refractivity contribution in [2.24, 2.45) is 0 Å². The molecule has 126 valence electrons. The number of carbonyl (C=O) groups excluding carboxylic acids is 1. The van der Waals surface area contributed by atoms with Crippen molar-refractivity contribution in [3.63, 3.8) is 0 Å². The number of hydrogen-bond donors (Lipinski definition) is 2. The van der Waals surface area contributed by atoms with Crippen LogP contribution in [0.3, 0.4) is 0 Å². The Hall–Kier alpha value is -2.27. The summed E-state index contributed by atoms with van der Waals surface area (Å²) in [6, 6.07) is 15.3. The van der Waals surface area contributed by atoms with Crippen LogP contribution < -0.4 is 10.6 Å². The highest BCUT2D eigenvalue weighted by Gasteiger charge is 2.07. The molecule has 4 nitrogen and oxygen atoms in total. The predicted molar refractivity (Wildman–Crippen MR) is 103 cm³/mol. The van der Waals surface area contributed by atoms with E-state index in [1.807, 2.05) is 0 Å². The van der Waals surface area contributed by atoms with E-state index in [2.05, 4.69) is 15.6 Å². The Kier molecular flexibility index (Phi) is 5.43. The summed E-state index contributed by atoms with van der Waals surface area (Å²) < 4.78 is 0. The molecule has 3 aromatic rings. The zero-order valence-corrected chi connectivity index (χ0v) is 15.0. The number of halogens is 3. The summed E-state index contributed by atoms with van der Waals surface area (Å²) in [5.74, 6) is 0.329. The molecular weight excluding hydrogens is 381 g/mol. The number of pyridine rings is 1. The zero-order valence-electron chi connectivity index (χ0n) is 12.8. The second-order valence-electron chi connectivity index (χ2n) is 5.15. The number of hydrogen-bond acceptors (Lipinski definition) is 3. The van der Waals surface area contributed by atoms with Crippen LogP contribution in [-0.4, -0.2) is 10.9 Å². The van der Waals surface area contributed by atoms with Crippen molar-refractivity contribution in [1.29, 1.82) is 0 Å². The first kappa shape index (κ1) is 17.5. The van der Waals surface area contributed by atoms with Crippen LogP contribution in [0.2, 0.25) is 15.1 Å². The van der Waals surface area contributed by atoms with E-state index in [1.165, 1.54) is 0 Å². The van der Waals surface area contributed by atoms with Gasteiger partial charge in [0.1, 0.15) is 5.82 Å². The molecule has 0 spiro atoms. The lowest BCUT2D eigenvalue weighted by molar-refractivity contribution is 0.102. The molecule has 0 bridgehead atoms. The SMILES string of the molecule is O=C(Nc1ccc(Nc2ccc(Cl)cc2Cl)nc1)c1cccc(Cl)c1. The van der Waals surface area contributed by atoms with Crippen LogP contribution in [0.1, 0.15) is 10.4 Å². The standard InChI is InChI=1S/C18H12Cl3N3O/c19-12-3-1-2-11(8-12)18(25)23-14-5-7-17(22-10-14)24-16-6-4-13(20)9-15(16)21/h1-10H,(H,22,24)(H,23,25). The third-order valence-electron chi connectivity index (χ3n) is 3.30. The Labute approximate surface area is 159 Å². The molecule has 0 aliphatic carbocycles. The fraction of sp³-hybridized carbons (Fsp3) is 0. The Bertz CT molecular complexity index is 914. The van der Waals surface area contributed by atoms with Gasteiger partial charge in [0.2, 0.25) is 0 Å². The van der Waals surface area contributed by atoms with Crippen LogP contribution in [0.4, 0.5) is 17.2 Å². The van der Waals surface area contributed by atoms with Crippen LogP contribution in [0.5, 0.6) is 0 Å². The molecule has 0 atom stereocenters. The van der Waals surface area contributed by atoms with E-state index >= 15 is 0 Å². The summed E-state index contributed by atoms with van der Waals surface area (Å²) in [4.78, 5) is 16.4. The fourth-order valence-corrected chi connectivity index (χ4v) is 2.75. The maximum Gasteiger partial charge on any atom is 0.255 e. The predicted octanol–water partition coefficient (Wildman–Crippen LogP) is 6.04. The van der Waals surface area contributed by atoms with E-state index in [0.29, 0.717) is 37.8 Å². The van der Waals surface area contributed by atoms with Crippen LogP contribution in [0.15, 0.2) is 60.8 Å². The van der Waals surface area contributed by atoms with Gasteiger partial charge < -0.3 is 10.6 Å². The number of carbonyl (C=O) groups is 1. The maximum absolute atomic E-state index is 12.2. The highest BCUT2D eigenvalue weighted by Crippen LogP contribution is 2.27. The Morgan fingerprint density at radius 1 is 0.920 bits per heavy atom. The number of benzene rings is 2. The number of aromatic nitrogens is 1. The Balaban J connectivity index is 1.69.